The van der Waals surface area contributed by atoms with Crippen molar-refractivity contribution in [3.05, 3.63) is 64.5 Å². The Balaban J connectivity index is 1.71. The van der Waals surface area contributed by atoms with Crippen molar-refractivity contribution in [1.29, 1.82) is 0 Å². The van der Waals surface area contributed by atoms with Crippen molar-refractivity contribution in [2.24, 2.45) is 4.99 Å². The van der Waals surface area contributed by atoms with Gasteiger partial charge in [0.2, 0.25) is 5.88 Å². The van der Waals surface area contributed by atoms with Crippen LogP contribution in [0.4, 0.5) is 17.4 Å². The minimum Gasteiger partial charge on any atom is -0.504 e. The molecule has 3 heterocycles. The summed E-state index contributed by atoms with van der Waals surface area (Å²) in [5.74, 6) is -1.21. The van der Waals surface area contributed by atoms with E-state index in [4.69, 9.17) is 4.42 Å². The number of hydrogen-bond donors (Lipinski definition) is 4. The molecule has 1 aliphatic rings. The molecule has 1 aliphatic heterocycles. The molecule has 1 aromatic carbocycles. The molecule has 0 unspecified atom stereocenters. The number of nitrogens with one attached hydrogen (secondary N) is 2. The van der Waals surface area contributed by atoms with Gasteiger partial charge in [-0.25, -0.2) is 14.8 Å². The van der Waals surface area contributed by atoms with E-state index in [-0.39, 0.29) is 17.2 Å². The molecule has 4 N–H and O–H groups in total. The first-order valence-electron chi connectivity index (χ1n) is 9.29. The van der Waals surface area contributed by atoms with Crippen LogP contribution in [0.2, 0.25) is 0 Å². The van der Waals surface area contributed by atoms with Gasteiger partial charge in [0, 0.05) is 35.8 Å². The third-order valence-electron chi connectivity index (χ3n) is 4.75. The van der Waals surface area contributed by atoms with Crippen molar-refractivity contribution in [3.63, 3.8) is 0 Å². The summed E-state index contributed by atoms with van der Waals surface area (Å²) >= 11 is 0. The average molecular weight is 404 g/mol. The van der Waals surface area contributed by atoms with Gasteiger partial charge in [0.05, 0.1) is 0 Å². The minimum atomic E-state index is -1.30. The van der Waals surface area contributed by atoms with Crippen LogP contribution in [0.3, 0.4) is 0 Å². The minimum absolute atomic E-state index is 0.0255. The number of rotatable bonds is 6. The van der Waals surface area contributed by atoms with Crippen LogP contribution >= 0.6 is 0 Å². The number of aliphatic imine (C=N–C) groups is 1. The molecule has 0 atom stereocenters. The maximum Gasteiger partial charge on any atom is 0.345 e. The summed E-state index contributed by atoms with van der Waals surface area (Å²) in [6, 6.07) is 9.38. The second kappa shape index (κ2) is 7.84. The molecule has 0 saturated carbocycles. The molecule has 0 radical (unpaired) electrons. The summed E-state index contributed by atoms with van der Waals surface area (Å²) in [7, 11) is 1.87. The molecular formula is C22H20N4O4. The van der Waals surface area contributed by atoms with Crippen LogP contribution in [0.5, 0.6) is 5.75 Å². The number of aryl methyl sites for hydroxylation is 1. The summed E-state index contributed by atoms with van der Waals surface area (Å²) in [5, 5.41) is 26.2. The number of furan rings is 1. The Hall–Kier alpha value is -3.91. The van der Waals surface area contributed by atoms with E-state index in [2.05, 4.69) is 20.6 Å². The Morgan fingerprint density at radius 3 is 2.87 bits per heavy atom. The lowest BCUT2D eigenvalue weighted by Crippen LogP contribution is -2.06. The number of aromatic hydroxyl groups is 1. The fraction of sp³-hybridized carbons (Fsp3) is 0.136. The fourth-order valence-corrected chi connectivity index (χ4v) is 3.31. The maximum absolute atomic E-state index is 11.8. The highest BCUT2D eigenvalue weighted by molar-refractivity contribution is 6.21. The van der Waals surface area contributed by atoms with Gasteiger partial charge in [-0.3, -0.25) is 0 Å². The molecule has 30 heavy (non-hydrogen) atoms. The molecule has 8 nitrogen and oxygen atoms in total. The van der Waals surface area contributed by atoms with Gasteiger partial charge in [0.25, 0.3) is 0 Å². The van der Waals surface area contributed by atoms with E-state index in [1.165, 1.54) is 0 Å². The zero-order chi connectivity index (χ0) is 21.3. The number of carboxylic acids is 1. The Labute approximate surface area is 172 Å². The Bertz CT molecular complexity index is 1190. The number of pyridine rings is 1. The number of nitrogens with zero attached hydrogens (tertiary/aromatic N) is 2. The number of carbonyl (C=O) groups is 1. The Kier molecular flexibility index (Phi) is 5.07. The second-order valence-electron chi connectivity index (χ2n) is 6.86. The fourth-order valence-electron chi connectivity index (χ4n) is 3.31. The first-order valence-corrected chi connectivity index (χ1v) is 9.29. The molecule has 8 heteroatoms. The lowest BCUT2D eigenvalue weighted by Gasteiger charge is -2.10. The summed E-state index contributed by atoms with van der Waals surface area (Å²) in [6.45, 7) is 2.63. The number of benzene rings is 1. The highest BCUT2D eigenvalue weighted by atomic mass is 16.4. The molecule has 0 amide bonds. The van der Waals surface area contributed by atoms with Crippen LogP contribution in [0, 0.1) is 6.92 Å². The predicted octanol–water partition coefficient (Wildman–Crippen LogP) is 4.11. The lowest BCUT2D eigenvalue weighted by molar-refractivity contribution is 0.0695. The van der Waals surface area contributed by atoms with Crippen molar-refractivity contribution in [2.45, 2.75) is 13.5 Å². The van der Waals surface area contributed by atoms with Crippen LogP contribution in [0.15, 0.2) is 45.9 Å². The molecule has 0 spiro atoms. The van der Waals surface area contributed by atoms with E-state index in [0.29, 0.717) is 17.1 Å². The Morgan fingerprint density at radius 1 is 1.30 bits per heavy atom. The van der Waals surface area contributed by atoms with Gasteiger partial charge in [0.15, 0.2) is 22.9 Å². The molecular weight excluding hydrogens is 384 g/mol. The largest absolute Gasteiger partial charge is 0.504 e. The average Bonchev–Trinajstić information content (AvgIpc) is 3.26. The van der Waals surface area contributed by atoms with E-state index in [1.807, 2.05) is 38.2 Å². The van der Waals surface area contributed by atoms with Gasteiger partial charge >= 0.3 is 5.97 Å². The van der Waals surface area contributed by atoms with Crippen LogP contribution in [0.1, 0.15) is 32.8 Å². The van der Waals surface area contributed by atoms with Gasteiger partial charge in [-0.15, -0.1) is 0 Å². The van der Waals surface area contributed by atoms with Crippen LogP contribution < -0.4 is 10.6 Å². The molecule has 0 bridgehead atoms. The molecule has 0 saturated heterocycles. The third kappa shape index (κ3) is 3.56. The van der Waals surface area contributed by atoms with Gasteiger partial charge in [-0.1, -0.05) is 12.1 Å². The van der Waals surface area contributed by atoms with E-state index in [1.54, 1.807) is 24.6 Å². The summed E-state index contributed by atoms with van der Waals surface area (Å²) in [5.41, 5.74) is 3.80. The number of aromatic carboxylic acids is 1. The normalized spacial score (nSPS) is 13.6. The molecule has 4 rings (SSSR count). The number of fused-ring (bicyclic) bond motifs is 1. The lowest BCUT2D eigenvalue weighted by atomic mass is 10.1. The van der Waals surface area contributed by atoms with Crippen LogP contribution in [0.25, 0.3) is 11.6 Å². The van der Waals surface area contributed by atoms with E-state index < -0.39 is 11.7 Å². The van der Waals surface area contributed by atoms with Crippen molar-refractivity contribution in [2.75, 3.05) is 12.4 Å². The van der Waals surface area contributed by atoms with E-state index >= 15 is 0 Å². The van der Waals surface area contributed by atoms with Crippen molar-refractivity contribution >= 4 is 41.2 Å². The first kappa shape index (κ1) is 19.4. The third-order valence-corrected chi connectivity index (χ3v) is 4.75. The van der Waals surface area contributed by atoms with Crippen LogP contribution in [-0.4, -0.2) is 34.4 Å². The van der Waals surface area contributed by atoms with E-state index in [0.717, 1.165) is 23.2 Å². The zero-order valence-corrected chi connectivity index (χ0v) is 16.4. The van der Waals surface area contributed by atoms with Gasteiger partial charge in [-0.05, 0) is 49.4 Å². The summed E-state index contributed by atoms with van der Waals surface area (Å²) in [4.78, 5) is 20.2. The van der Waals surface area contributed by atoms with Crippen molar-refractivity contribution in [3.8, 4) is 5.75 Å². The maximum atomic E-state index is 11.8. The van der Waals surface area contributed by atoms with Gasteiger partial charge in [0.1, 0.15) is 0 Å². The van der Waals surface area contributed by atoms with Crippen molar-refractivity contribution < 1.29 is 19.4 Å². The van der Waals surface area contributed by atoms with E-state index in [9.17, 15) is 15.0 Å². The standard InChI is InChI=1S/C22H20N4O4/c1-12-8-13(10-23-2)5-6-16(12)26-21-18(22(28)29)19(27)17(30-21)9-14-11-25-20-15(14)4-3-7-24-20/h3-9,11,23,26-27H,10H2,1-2H3,(H,28,29). The molecule has 152 valence electrons. The molecule has 2 aromatic heterocycles. The highest BCUT2D eigenvalue weighted by Crippen LogP contribution is 2.39. The summed E-state index contributed by atoms with van der Waals surface area (Å²) in [6.07, 6.45) is 4.78. The first-order chi connectivity index (χ1) is 14.5. The number of allylic oxidation sites excluding steroid dienone is 1. The Morgan fingerprint density at radius 2 is 2.13 bits per heavy atom. The SMILES string of the molecule is CNCc1ccc(Nc2oc(C=C3C=Nc4ncccc43)c(O)c2C(=O)O)c(C)c1. The van der Waals surface area contributed by atoms with Crippen molar-refractivity contribution in [1.82, 2.24) is 10.3 Å². The quantitative estimate of drug-likeness (QED) is 0.488. The predicted molar refractivity (Wildman–Crippen MR) is 115 cm³/mol. The smallest absolute Gasteiger partial charge is 0.345 e. The van der Waals surface area contributed by atoms with Gasteiger partial charge < -0.3 is 25.3 Å². The summed E-state index contributed by atoms with van der Waals surface area (Å²) < 4.78 is 5.71. The monoisotopic (exact) mass is 404 g/mol. The number of aromatic nitrogens is 1. The number of anilines is 2. The second-order valence-corrected chi connectivity index (χ2v) is 6.86. The molecule has 0 aliphatic carbocycles. The molecule has 3 aromatic rings. The topological polar surface area (TPSA) is 120 Å². The zero-order valence-electron chi connectivity index (χ0n) is 16.4. The van der Waals surface area contributed by atoms with Gasteiger partial charge in [-0.2, -0.15) is 0 Å². The van der Waals surface area contributed by atoms with Crippen LogP contribution in [-0.2, 0) is 6.54 Å². The number of hydrogen-bond acceptors (Lipinski definition) is 7. The number of carboxylic acid groups (broad SMARTS) is 1. The highest BCUT2D eigenvalue weighted by Gasteiger charge is 2.26. The molecule has 0 fully saturated rings.